The molecule has 124 valence electrons. The van der Waals surface area contributed by atoms with Gasteiger partial charge in [0.05, 0.1) is 18.0 Å². The van der Waals surface area contributed by atoms with E-state index >= 15 is 0 Å². The summed E-state index contributed by atoms with van der Waals surface area (Å²) in [6, 6.07) is 5.05. The summed E-state index contributed by atoms with van der Waals surface area (Å²) in [5, 5.41) is 24.8. The zero-order valence-electron chi connectivity index (χ0n) is 13.3. The highest BCUT2D eigenvalue weighted by Gasteiger charge is 2.31. The summed E-state index contributed by atoms with van der Waals surface area (Å²) < 4.78 is 1.17. The van der Waals surface area contributed by atoms with Gasteiger partial charge in [-0.3, -0.25) is 19.6 Å². The summed E-state index contributed by atoms with van der Waals surface area (Å²) in [6.45, 7) is 9.96. The van der Waals surface area contributed by atoms with Crippen LogP contribution in [0.2, 0.25) is 0 Å². The molecule has 0 fully saturated rings. The van der Waals surface area contributed by atoms with Gasteiger partial charge < -0.3 is 5.11 Å². The smallest absolute Gasteiger partial charge is 0.306 e. The van der Waals surface area contributed by atoms with Gasteiger partial charge in [-0.05, 0) is 25.0 Å². The molecule has 0 unspecified atom stereocenters. The first-order valence-corrected chi connectivity index (χ1v) is 7.12. The van der Waals surface area contributed by atoms with E-state index in [2.05, 4.69) is 9.94 Å². The predicted octanol–water partition coefficient (Wildman–Crippen LogP) is 2.21. The van der Waals surface area contributed by atoms with Crippen LogP contribution in [0.5, 0.6) is 0 Å². The number of aliphatic hydroxyl groups is 1. The Morgan fingerprint density at radius 3 is 2.79 bits per heavy atom. The molecule has 0 bridgehead atoms. The van der Waals surface area contributed by atoms with E-state index < -0.39 is 16.3 Å². The number of aryl methyl sites for hydroxylation is 1. The predicted molar refractivity (Wildman–Crippen MR) is 85.7 cm³/mol. The number of nitrogens with zero attached hydrogens (tertiary/aromatic N) is 4. The average molecular weight is 328 g/mol. The molecule has 1 atom stereocenters. The first-order valence-electron chi connectivity index (χ1n) is 7.12. The van der Waals surface area contributed by atoms with Crippen molar-refractivity contribution in [3.05, 3.63) is 63.3 Å². The maximum atomic E-state index is 12.4. The van der Waals surface area contributed by atoms with Gasteiger partial charge in [-0.25, -0.2) is 4.85 Å². The lowest BCUT2D eigenvalue weighted by Crippen LogP contribution is -2.40. The number of rotatable bonds is 6. The maximum absolute atomic E-state index is 12.4. The summed E-state index contributed by atoms with van der Waals surface area (Å²) in [6.07, 6.45) is 2.22. The van der Waals surface area contributed by atoms with Gasteiger partial charge in [-0.15, -0.1) is 0 Å². The third-order valence-electron chi connectivity index (χ3n) is 3.65. The molecule has 0 aliphatic rings. The Hall–Kier alpha value is -3.05. The molecule has 2 aromatic rings. The summed E-state index contributed by atoms with van der Waals surface area (Å²) >= 11 is 0. The molecule has 2 rings (SSSR count). The van der Waals surface area contributed by atoms with E-state index in [1.807, 2.05) is 0 Å². The van der Waals surface area contributed by atoms with Gasteiger partial charge in [-0.2, -0.15) is 5.10 Å². The number of carbonyl (C=O) groups is 1. The van der Waals surface area contributed by atoms with E-state index in [-0.39, 0.29) is 18.7 Å². The molecule has 0 saturated heterocycles. The second-order valence-corrected chi connectivity index (χ2v) is 5.76. The standard InChI is InChI=1S/C16H16N4O4/c1-11-6-12(4-5-14(11)17-3)7-15(21)16(2,22)10-19-9-13(8-18-19)20(23)24/h4-6,8-9,22H,7,10H2,1-2H3/t16-/m0/s1. The van der Waals surface area contributed by atoms with Gasteiger partial charge >= 0.3 is 5.69 Å². The highest BCUT2D eigenvalue weighted by atomic mass is 16.6. The first-order chi connectivity index (χ1) is 11.2. The Kier molecular flexibility index (Phi) is 4.76. The number of hydrogen-bond acceptors (Lipinski definition) is 5. The van der Waals surface area contributed by atoms with E-state index in [0.29, 0.717) is 11.3 Å². The number of Topliss-reactive ketones (excluding diaryl/α,β-unsaturated/α-hetero) is 1. The molecule has 24 heavy (non-hydrogen) atoms. The Morgan fingerprint density at radius 2 is 2.25 bits per heavy atom. The molecule has 0 aliphatic heterocycles. The first kappa shape index (κ1) is 17.3. The van der Waals surface area contributed by atoms with Crippen LogP contribution < -0.4 is 0 Å². The fraction of sp³-hybridized carbons (Fsp3) is 0.312. The molecule has 1 aromatic carbocycles. The average Bonchev–Trinajstić information content (AvgIpc) is 2.95. The zero-order valence-corrected chi connectivity index (χ0v) is 13.3. The van der Waals surface area contributed by atoms with E-state index in [9.17, 15) is 20.0 Å². The van der Waals surface area contributed by atoms with E-state index in [4.69, 9.17) is 6.57 Å². The van der Waals surface area contributed by atoms with Crippen molar-refractivity contribution in [1.29, 1.82) is 0 Å². The largest absolute Gasteiger partial charge is 0.380 e. The van der Waals surface area contributed by atoms with Gasteiger partial charge in [0, 0.05) is 6.42 Å². The minimum absolute atomic E-state index is 0.00448. The normalized spacial score (nSPS) is 13.1. The Labute approximate surface area is 138 Å². The topological polar surface area (TPSA) is 103 Å². The molecule has 0 amide bonds. The summed E-state index contributed by atoms with van der Waals surface area (Å²) in [4.78, 5) is 25.8. The van der Waals surface area contributed by atoms with Crippen molar-refractivity contribution in [2.45, 2.75) is 32.4 Å². The maximum Gasteiger partial charge on any atom is 0.306 e. The van der Waals surface area contributed by atoms with Crippen LogP contribution in [0.3, 0.4) is 0 Å². The molecule has 8 heteroatoms. The fourth-order valence-electron chi connectivity index (χ4n) is 2.27. The van der Waals surface area contributed by atoms with Crippen molar-refractivity contribution in [2.75, 3.05) is 0 Å². The number of nitro groups is 1. The minimum atomic E-state index is -1.72. The number of ketones is 1. The molecule has 1 heterocycles. The molecule has 1 N–H and O–H groups in total. The van der Waals surface area contributed by atoms with Crippen LogP contribution in [0.4, 0.5) is 11.4 Å². The van der Waals surface area contributed by atoms with Crippen molar-refractivity contribution >= 4 is 17.2 Å². The molecule has 0 aliphatic carbocycles. The molecule has 0 saturated carbocycles. The molecular weight excluding hydrogens is 312 g/mol. The summed E-state index contributed by atoms with van der Waals surface area (Å²) in [7, 11) is 0. The van der Waals surface area contributed by atoms with Crippen molar-refractivity contribution in [3.63, 3.8) is 0 Å². The van der Waals surface area contributed by atoms with Gasteiger partial charge in [0.1, 0.15) is 18.0 Å². The molecule has 8 nitrogen and oxygen atoms in total. The Morgan fingerprint density at radius 1 is 1.54 bits per heavy atom. The van der Waals surface area contributed by atoms with Crippen molar-refractivity contribution in [1.82, 2.24) is 9.78 Å². The SMILES string of the molecule is [C-]#[N+]c1ccc(CC(=O)[C@@](C)(O)Cn2cc([N+](=O)[O-])cn2)cc1C. The minimum Gasteiger partial charge on any atom is -0.380 e. The van der Waals surface area contributed by atoms with Gasteiger partial charge in [0.15, 0.2) is 11.5 Å². The summed E-state index contributed by atoms with van der Waals surface area (Å²) in [5.74, 6) is -0.435. The monoisotopic (exact) mass is 328 g/mol. The van der Waals surface area contributed by atoms with Crippen LogP contribution in [0.25, 0.3) is 4.85 Å². The van der Waals surface area contributed by atoms with Crippen LogP contribution >= 0.6 is 0 Å². The summed E-state index contributed by atoms with van der Waals surface area (Å²) in [5.41, 5.74) is 0.0476. The van der Waals surface area contributed by atoms with Crippen LogP contribution in [-0.2, 0) is 17.8 Å². The fourth-order valence-corrected chi connectivity index (χ4v) is 2.27. The quantitative estimate of drug-likeness (QED) is 0.497. The van der Waals surface area contributed by atoms with Crippen LogP contribution in [0.15, 0.2) is 30.6 Å². The number of aromatic nitrogens is 2. The molecule has 1 aromatic heterocycles. The molecule has 0 radical (unpaired) electrons. The third-order valence-corrected chi connectivity index (χ3v) is 3.65. The van der Waals surface area contributed by atoms with E-state index in [1.54, 1.807) is 25.1 Å². The van der Waals surface area contributed by atoms with Crippen LogP contribution in [-0.4, -0.2) is 31.2 Å². The van der Waals surface area contributed by atoms with Gasteiger partial charge in [0.2, 0.25) is 0 Å². The van der Waals surface area contributed by atoms with E-state index in [0.717, 1.165) is 18.0 Å². The van der Waals surface area contributed by atoms with Crippen molar-refractivity contribution in [2.24, 2.45) is 0 Å². The highest BCUT2D eigenvalue weighted by molar-refractivity contribution is 5.88. The third kappa shape index (κ3) is 3.83. The van der Waals surface area contributed by atoms with Crippen LogP contribution in [0, 0.1) is 23.6 Å². The Bertz CT molecular complexity index is 833. The molecular formula is C16H16N4O4. The number of carbonyl (C=O) groups excluding carboxylic acids is 1. The lowest BCUT2D eigenvalue weighted by molar-refractivity contribution is -0.385. The Balaban J connectivity index is 2.10. The number of benzene rings is 1. The van der Waals surface area contributed by atoms with Crippen LogP contribution in [0.1, 0.15) is 18.1 Å². The van der Waals surface area contributed by atoms with Crippen molar-refractivity contribution in [3.8, 4) is 0 Å². The lowest BCUT2D eigenvalue weighted by atomic mass is 9.94. The molecule has 0 spiro atoms. The van der Waals surface area contributed by atoms with E-state index in [1.165, 1.54) is 11.6 Å². The second-order valence-electron chi connectivity index (χ2n) is 5.76. The second kappa shape index (κ2) is 6.60. The number of hydrogen-bond donors (Lipinski definition) is 1. The lowest BCUT2D eigenvalue weighted by Gasteiger charge is -2.21. The van der Waals surface area contributed by atoms with Gasteiger partial charge in [0.25, 0.3) is 0 Å². The van der Waals surface area contributed by atoms with Crippen molar-refractivity contribution < 1.29 is 14.8 Å². The van der Waals surface area contributed by atoms with Gasteiger partial charge in [-0.1, -0.05) is 18.2 Å². The zero-order chi connectivity index (χ0) is 17.9. The highest BCUT2D eigenvalue weighted by Crippen LogP contribution is 2.21.